The predicted octanol–water partition coefficient (Wildman–Crippen LogP) is 3.64. The lowest BCUT2D eigenvalue weighted by atomic mass is 10.0. The molecule has 2 amide bonds. The molecule has 0 unspecified atom stereocenters. The van der Waals surface area contributed by atoms with Crippen LogP contribution in [0.25, 0.3) is 17.2 Å². The van der Waals surface area contributed by atoms with Crippen molar-refractivity contribution in [2.75, 3.05) is 0 Å². The summed E-state index contributed by atoms with van der Waals surface area (Å²) in [5, 5.41) is 12.5. The molecule has 0 aliphatic carbocycles. The molecule has 0 saturated heterocycles. The van der Waals surface area contributed by atoms with Gasteiger partial charge < -0.3 is 0 Å². The van der Waals surface area contributed by atoms with Crippen LogP contribution in [-0.2, 0) is 4.79 Å². The first-order valence-corrected chi connectivity index (χ1v) is 8.87. The third-order valence-corrected chi connectivity index (χ3v) is 4.08. The summed E-state index contributed by atoms with van der Waals surface area (Å²) in [7, 11) is 0. The summed E-state index contributed by atoms with van der Waals surface area (Å²) in [6.45, 7) is 0. The molecule has 0 heterocycles. The van der Waals surface area contributed by atoms with E-state index in [2.05, 4.69) is 10.5 Å². The SMILES string of the molecule is O=C(/C=C/c1cccc(C(=O)N/N=C/c2ccc(-c3ccccc3)cc2)c1)NO. The molecule has 29 heavy (non-hydrogen) atoms. The Morgan fingerprint density at radius 2 is 1.55 bits per heavy atom. The molecule has 0 aromatic heterocycles. The van der Waals surface area contributed by atoms with E-state index in [0.29, 0.717) is 11.1 Å². The number of rotatable bonds is 6. The first kappa shape index (κ1) is 19.7. The molecule has 3 aromatic carbocycles. The summed E-state index contributed by atoms with van der Waals surface area (Å²) in [5.41, 5.74) is 8.12. The molecule has 0 saturated carbocycles. The van der Waals surface area contributed by atoms with Crippen molar-refractivity contribution in [1.82, 2.24) is 10.9 Å². The molecular weight excluding hydrogens is 366 g/mol. The van der Waals surface area contributed by atoms with Crippen molar-refractivity contribution in [3.8, 4) is 11.1 Å². The van der Waals surface area contributed by atoms with Gasteiger partial charge in [0.2, 0.25) is 0 Å². The standard InChI is InChI=1S/C23H19N3O3/c27-22(26-29)14-11-17-5-4-8-21(15-17)23(28)25-24-16-18-9-12-20(13-10-18)19-6-2-1-3-7-19/h1-16,29H,(H,25,28)(H,26,27)/b14-11+,24-16+. The van der Waals surface area contributed by atoms with Crippen LogP contribution in [0.3, 0.4) is 0 Å². The Bertz CT molecular complexity index is 1040. The van der Waals surface area contributed by atoms with Gasteiger partial charge in [0.25, 0.3) is 11.8 Å². The third-order valence-electron chi connectivity index (χ3n) is 4.08. The topological polar surface area (TPSA) is 90.8 Å². The highest BCUT2D eigenvalue weighted by molar-refractivity contribution is 5.96. The second-order valence-electron chi connectivity index (χ2n) is 6.12. The molecule has 0 aliphatic heterocycles. The fraction of sp³-hybridized carbons (Fsp3) is 0. The second kappa shape index (κ2) is 9.77. The van der Waals surface area contributed by atoms with Crippen LogP contribution in [-0.4, -0.2) is 23.2 Å². The smallest absolute Gasteiger partial charge is 0.271 e. The lowest BCUT2D eigenvalue weighted by molar-refractivity contribution is -0.124. The van der Waals surface area contributed by atoms with Gasteiger partial charge in [-0.2, -0.15) is 5.10 Å². The van der Waals surface area contributed by atoms with E-state index in [-0.39, 0.29) is 5.91 Å². The lowest BCUT2D eigenvalue weighted by Crippen LogP contribution is -2.17. The molecule has 0 aliphatic rings. The number of hydroxylamine groups is 1. The van der Waals surface area contributed by atoms with Crippen LogP contribution in [0.1, 0.15) is 21.5 Å². The van der Waals surface area contributed by atoms with Gasteiger partial charge in [-0.15, -0.1) is 0 Å². The monoisotopic (exact) mass is 385 g/mol. The first-order valence-electron chi connectivity index (χ1n) is 8.87. The number of carbonyl (C=O) groups excluding carboxylic acids is 2. The number of hydrogen-bond acceptors (Lipinski definition) is 4. The van der Waals surface area contributed by atoms with E-state index in [9.17, 15) is 9.59 Å². The van der Waals surface area contributed by atoms with Crippen molar-refractivity contribution >= 4 is 24.1 Å². The van der Waals surface area contributed by atoms with Gasteiger partial charge in [-0.1, -0.05) is 66.7 Å². The van der Waals surface area contributed by atoms with Gasteiger partial charge in [-0.05, 0) is 40.5 Å². The van der Waals surface area contributed by atoms with E-state index in [1.54, 1.807) is 30.5 Å². The van der Waals surface area contributed by atoms with Crippen molar-refractivity contribution in [3.63, 3.8) is 0 Å². The maximum absolute atomic E-state index is 12.3. The number of amides is 2. The number of carbonyl (C=O) groups is 2. The van der Waals surface area contributed by atoms with Gasteiger partial charge in [0.1, 0.15) is 0 Å². The highest BCUT2D eigenvalue weighted by Gasteiger charge is 2.04. The van der Waals surface area contributed by atoms with Crippen LogP contribution < -0.4 is 10.9 Å². The average molecular weight is 385 g/mol. The molecule has 0 bridgehead atoms. The normalized spacial score (nSPS) is 10.9. The quantitative estimate of drug-likeness (QED) is 0.262. The molecule has 3 aromatic rings. The molecule has 144 valence electrons. The Hall–Kier alpha value is -4.03. The Kier molecular flexibility index (Phi) is 6.65. The number of hydrogen-bond donors (Lipinski definition) is 3. The fourth-order valence-corrected chi connectivity index (χ4v) is 2.61. The van der Waals surface area contributed by atoms with E-state index in [1.165, 1.54) is 11.6 Å². The number of nitrogens with one attached hydrogen (secondary N) is 2. The number of nitrogens with zero attached hydrogens (tertiary/aromatic N) is 1. The minimum atomic E-state index is -0.650. The summed E-state index contributed by atoms with van der Waals surface area (Å²) in [6, 6.07) is 24.6. The van der Waals surface area contributed by atoms with E-state index in [4.69, 9.17) is 5.21 Å². The summed E-state index contributed by atoms with van der Waals surface area (Å²) in [4.78, 5) is 23.3. The summed E-state index contributed by atoms with van der Waals surface area (Å²) >= 11 is 0. The van der Waals surface area contributed by atoms with E-state index < -0.39 is 5.91 Å². The van der Waals surface area contributed by atoms with Crippen molar-refractivity contribution in [3.05, 3.63) is 102 Å². The summed E-state index contributed by atoms with van der Waals surface area (Å²) in [5.74, 6) is -1.02. The first-order chi connectivity index (χ1) is 14.2. The predicted molar refractivity (Wildman–Crippen MR) is 112 cm³/mol. The molecule has 0 spiro atoms. The Labute approximate surface area is 168 Å². The number of benzene rings is 3. The van der Waals surface area contributed by atoms with Crippen LogP contribution in [0.4, 0.5) is 0 Å². The highest BCUT2D eigenvalue weighted by atomic mass is 16.5. The van der Waals surface area contributed by atoms with Gasteiger partial charge in [-0.3, -0.25) is 14.8 Å². The van der Waals surface area contributed by atoms with Gasteiger partial charge in [0, 0.05) is 11.6 Å². The highest BCUT2D eigenvalue weighted by Crippen LogP contribution is 2.18. The van der Waals surface area contributed by atoms with E-state index >= 15 is 0 Å². The van der Waals surface area contributed by atoms with Gasteiger partial charge in [0.05, 0.1) is 6.21 Å². The van der Waals surface area contributed by atoms with Crippen LogP contribution in [0.2, 0.25) is 0 Å². The molecule has 3 N–H and O–H groups in total. The zero-order chi connectivity index (χ0) is 20.5. The minimum Gasteiger partial charge on any atom is -0.288 e. The lowest BCUT2D eigenvalue weighted by Gasteiger charge is -2.03. The maximum atomic E-state index is 12.3. The fourth-order valence-electron chi connectivity index (χ4n) is 2.61. The third kappa shape index (κ3) is 5.72. The largest absolute Gasteiger partial charge is 0.288 e. The Morgan fingerprint density at radius 1 is 0.828 bits per heavy atom. The van der Waals surface area contributed by atoms with Crippen molar-refractivity contribution in [1.29, 1.82) is 0 Å². The van der Waals surface area contributed by atoms with Gasteiger partial charge >= 0.3 is 0 Å². The van der Waals surface area contributed by atoms with Crippen LogP contribution in [0.5, 0.6) is 0 Å². The average Bonchev–Trinajstić information content (AvgIpc) is 2.78. The van der Waals surface area contributed by atoms with Crippen molar-refractivity contribution < 1.29 is 14.8 Å². The molecular formula is C23H19N3O3. The number of hydrazone groups is 1. The maximum Gasteiger partial charge on any atom is 0.271 e. The Balaban J connectivity index is 1.61. The van der Waals surface area contributed by atoms with Crippen molar-refractivity contribution in [2.45, 2.75) is 0 Å². The summed E-state index contributed by atoms with van der Waals surface area (Å²) < 4.78 is 0. The van der Waals surface area contributed by atoms with Gasteiger partial charge in [0.15, 0.2) is 0 Å². The second-order valence-corrected chi connectivity index (χ2v) is 6.12. The van der Waals surface area contributed by atoms with E-state index in [1.807, 2.05) is 54.6 Å². The molecule has 0 fully saturated rings. The molecule has 6 nitrogen and oxygen atoms in total. The molecule has 0 atom stereocenters. The van der Waals surface area contributed by atoms with Crippen LogP contribution in [0.15, 0.2) is 90.0 Å². The summed E-state index contributed by atoms with van der Waals surface area (Å²) in [6.07, 6.45) is 4.22. The minimum absolute atomic E-state index is 0.371. The van der Waals surface area contributed by atoms with Gasteiger partial charge in [-0.25, -0.2) is 10.9 Å². The van der Waals surface area contributed by atoms with Crippen LogP contribution in [0, 0.1) is 0 Å². The zero-order valence-electron chi connectivity index (χ0n) is 15.4. The molecule has 3 rings (SSSR count). The molecule has 6 heteroatoms. The van der Waals surface area contributed by atoms with Crippen LogP contribution >= 0.6 is 0 Å². The zero-order valence-corrected chi connectivity index (χ0v) is 15.4. The molecule has 0 radical (unpaired) electrons. The van der Waals surface area contributed by atoms with Crippen molar-refractivity contribution in [2.24, 2.45) is 5.10 Å². The van der Waals surface area contributed by atoms with E-state index in [0.717, 1.165) is 22.8 Å². The Morgan fingerprint density at radius 3 is 2.28 bits per heavy atom.